The van der Waals surface area contributed by atoms with Crippen molar-refractivity contribution in [2.24, 2.45) is 0 Å². The van der Waals surface area contributed by atoms with Crippen LogP contribution in [0.25, 0.3) is 0 Å². The molecule has 20 heavy (non-hydrogen) atoms. The monoisotopic (exact) mass is 269 g/mol. The predicted octanol–water partition coefficient (Wildman–Crippen LogP) is 3.48. The van der Waals surface area contributed by atoms with E-state index in [0.717, 1.165) is 0 Å². The Hall–Kier alpha value is -2.67. The van der Waals surface area contributed by atoms with Gasteiger partial charge in [-0.1, -0.05) is 6.07 Å². The van der Waals surface area contributed by atoms with E-state index < -0.39 is 5.82 Å². The van der Waals surface area contributed by atoms with Crippen molar-refractivity contribution < 1.29 is 13.9 Å². The average Bonchev–Trinajstić information content (AvgIpc) is 2.46. The number of rotatable bonds is 4. The molecule has 0 bridgehead atoms. The third-order valence-electron chi connectivity index (χ3n) is 2.82. The van der Waals surface area contributed by atoms with Crippen molar-refractivity contribution in [3.8, 4) is 11.8 Å². The van der Waals surface area contributed by atoms with Gasteiger partial charge < -0.3 is 4.74 Å². The van der Waals surface area contributed by atoms with E-state index in [-0.39, 0.29) is 18.0 Å². The summed E-state index contributed by atoms with van der Waals surface area (Å²) in [7, 11) is 0. The molecule has 2 aromatic carbocycles. The second kappa shape index (κ2) is 5.98. The highest BCUT2D eigenvalue weighted by atomic mass is 19.1. The SMILES string of the molecule is CC(=O)c1ccc(OCc2ccc(F)c(C#N)c2)cc1. The van der Waals surface area contributed by atoms with Gasteiger partial charge in [-0.2, -0.15) is 5.26 Å². The number of ether oxygens (including phenoxy) is 1. The van der Waals surface area contributed by atoms with Crippen molar-refractivity contribution in [1.82, 2.24) is 0 Å². The van der Waals surface area contributed by atoms with E-state index in [1.807, 2.05) is 0 Å². The third kappa shape index (κ3) is 3.21. The lowest BCUT2D eigenvalue weighted by Crippen LogP contribution is -1.98. The Morgan fingerprint density at radius 2 is 1.95 bits per heavy atom. The van der Waals surface area contributed by atoms with Gasteiger partial charge in [-0.15, -0.1) is 0 Å². The van der Waals surface area contributed by atoms with Crippen molar-refractivity contribution in [3.63, 3.8) is 0 Å². The number of nitriles is 1. The summed E-state index contributed by atoms with van der Waals surface area (Å²) in [4.78, 5) is 11.1. The fourth-order valence-corrected chi connectivity index (χ4v) is 1.70. The lowest BCUT2D eigenvalue weighted by molar-refractivity contribution is 0.101. The predicted molar refractivity (Wildman–Crippen MR) is 71.9 cm³/mol. The zero-order valence-corrected chi connectivity index (χ0v) is 10.9. The largest absolute Gasteiger partial charge is 0.489 e. The normalized spacial score (nSPS) is 9.85. The standard InChI is InChI=1S/C16H12FNO2/c1-11(19)13-3-5-15(6-4-13)20-10-12-2-7-16(17)14(8-12)9-18/h2-8H,10H2,1H3. The molecule has 0 aromatic heterocycles. The molecule has 0 aliphatic heterocycles. The number of benzene rings is 2. The van der Waals surface area contributed by atoms with Gasteiger partial charge in [-0.3, -0.25) is 4.79 Å². The first-order valence-electron chi connectivity index (χ1n) is 6.02. The Morgan fingerprint density at radius 3 is 2.55 bits per heavy atom. The summed E-state index contributed by atoms with van der Waals surface area (Å²) >= 11 is 0. The van der Waals surface area contributed by atoms with Crippen LogP contribution in [-0.2, 0) is 6.61 Å². The molecule has 2 aromatic rings. The molecule has 0 N–H and O–H groups in total. The lowest BCUT2D eigenvalue weighted by Gasteiger charge is -2.07. The lowest BCUT2D eigenvalue weighted by atomic mass is 10.1. The second-order valence-corrected chi connectivity index (χ2v) is 4.30. The fourth-order valence-electron chi connectivity index (χ4n) is 1.70. The molecule has 0 unspecified atom stereocenters. The Morgan fingerprint density at radius 1 is 1.25 bits per heavy atom. The van der Waals surface area contributed by atoms with Crippen LogP contribution in [0, 0.1) is 17.1 Å². The number of carbonyl (C=O) groups is 1. The summed E-state index contributed by atoms with van der Waals surface area (Å²) in [5.41, 5.74) is 1.32. The number of carbonyl (C=O) groups excluding carboxylic acids is 1. The van der Waals surface area contributed by atoms with Gasteiger partial charge >= 0.3 is 0 Å². The summed E-state index contributed by atoms with van der Waals surface area (Å²) in [6.45, 7) is 1.73. The Bertz CT molecular complexity index is 672. The van der Waals surface area contributed by atoms with Crippen molar-refractivity contribution in [2.45, 2.75) is 13.5 Å². The van der Waals surface area contributed by atoms with E-state index in [9.17, 15) is 9.18 Å². The number of halogens is 1. The van der Waals surface area contributed by atoms with Crippen molar-refractivity contribution >= 4 is 5.78 Å². The highest BCUT2D eigenvalue weighted by Crippen LogP contribution is 2.16. The molecular formula is C16H12FNO2. The molecular weight excluding hydrogens is 257 g/mol. The quantitative estimate of drug-likeness (QED) is 0.798. The van der Waals surface area contributed by atoms with E-state index in [1.165, 1.54) is 19.1 Å². The number of Topliss-reactive ketones (excluding diaryl/α,β-unsaturated/α-hetero) is 1. The minimum absolute atomic E-state index is 0.00183. The van der Waals surface area contributed by atoms with Crippen LogP contribution in [0.15, 0.2) is 42.5 Å². The number of hydrogen-bond acceptors (Lipinski definition) is 3. The highest BCUT2D eigenvalue weighted by Gasteiger charge is 2.04. The molecule has 0 atom stereocenters. The molecule has 0 amide bonds. The molecule has 0 aliphatic rings. The number of ketones is 1. The molecule has 0 saturated heterocycles. The smallest absolute Gasteiger partial charge is 0.159 e. The van der Waals surface area contributed by atoms with E-state index in [1.54, 1.807) is 36.4 Å². The summed E-state index contributed by atoms with van der Waals surface area (Å²) in [5, 5.41) is 8.75. The maximum Gasteiger partial charge on any atom is 0.159 e. The number of hydrogen-bond donors (Lipinski definition) is 0. The van der Waals surface area contributed by atoms with Gasteiger partial charge in [0.25, 0.3) is 0 Å². The van der Waals surface area contributed by atoms with Gasteiger partial charge in [0, 0.05) is 5.56 Å². The first kappa shape index (κ1) is 13.8. The van der Waals surface area contributed by atoms with E-state index >= 15 is 0 Å². The average molecular weight is 269 g/mol. The molecule has 2 rings (SSSR count). The van der Waals surface area contributed by atoms with Crippen LogP contribution >= 0.6 is 0 Å². The first-order valence-corrected chi connectivity index (χ1v) is 6.02. The minimum atomic E-state index is -0.540. The minimum Gasteiger partial charge on any atom is -0.489 e. The zero-order chi connectivity index (χ0) is 14.5. The van der Waals surface area contributed by atoms with Crippen LogP contribution in [0.4, 0.5) is 4.39 Å². The maximum atomic E-state index is 13.2. The van der Waals surface area contributed by atoms with Crippen LogP contribution < -0.4 is 4.74 Å². The maximum absolute atomic E-state index is 13.2. The Balaban J connectivity index is 2.05. The molecule has 0 aliphatic carbocycles. The van der Waals surface area contributed by atoms with Gasteiger partial charge in [0.2, 0.25) is 0 Å². The van der Waals surface area contributed by atoms with Crippen molar-refractivity contribution in [1.29, 1.82) is 5.26 Å². The Kier molecular flexibility index (Phi) is 4.11. The zero-order valence-electron chi connectivity index (χ0n) is 10.9. The van der Waals surface area contributed by atoms with Gasteiger partial charge in [-0.05, 0) is 48.9 Å². The summed E-state index contributed by atoms with van der Waals surface area (Å²) < 4.78 is 18.7. The van der Waals surface area contributed by atoms with Crippen molar-refractivity contribution in [3.05, 3.63) is 65.0 Å². The summed E-state index contributed by atoms with van der Waals surface area (Å²) in [6.07, 6.45) is 0. The van der Waals surface area contributed by atoms with Crippen LogP contribution in [0.2, 0.25) is 0 Å². The molecule has 3 nitrogen and oxygen atoms in total. The van der Waals surface area contributed by atoms with Crippen LogP contribution in [-0.4, -0.2) is 5.78 Å². The van der Waals surface area contributed by atoms with Crippen molar-refractivity contribution in [2.75, 3.05) is 0 Å². The van der Waals surface area contributed by atoms with Crippen LogP contribution in [0.3, 0.4) is 0 Å². The molecule has 100 valence electrons. The Labute approximate surface area is 116 Å². The topological polar surface area (TPSA) is 50.1 Å². The van der Waals surface area contributed by atoms with E-state index in [2.05, 4.69) is 0 Å². The summed E-state index contributed by atoms with van der Waals surface area (Å²) in [6, 6.07) is 12.8. The van der Waals surface area contributed by atoms with E-state index in [0.29, 0.717) is 16.9 Å². The fraction of sp³-hybridized carbons (Fsp3) is 0.125. The summed E-state index contributed by atoms with van der Waals surface area (Å²) in [5.74, 6) is 0.0636. The van der Waals surface area contributed by atoms with Gasteiger partial charge in [0.15, 0.2) is 5.78 Å². The second-order valence-electron chi connectivity index (χ2n) is 4.30. The third-order valence-corrected chi connectivity index (χ3v) is 2.82. The van der Waals surface area contributed by atoms with Crippen LogP contribution in [0.1, 0.15) is 28.4 Å². The van der Waals surface area contributed by atoms with Crippen LogP contribution in [0.5, 0.6) is 5.75 Å². The molecule has 0 radical (unpaired) electrons. The van der Waals surface area contributed by atoms with Gasteiger partial charge in [0.1, 0.15) is 24.2 Å². The molecule has 0 fully saturated rings. The first-order chi connectivity index (χ1) is 9.60. The molecule has 0 saturated carbocycles. The van der Waals surface area contributed by atoms with Gasteiger partial charge in [0.05, 0.1) is 5.56 Å². The highest BCUT2D eigenvalue weighted by molar-refractivity contribution is 5.94. The number of nitrogens with zero attached hydrogens (tertiary/aromatic N) is 1. The van der Waals surface area contributed by atoms with Gasteiger partial charge in [-0.25, -0.2) is 4.39 Å². The molecule has 0 heterocycles. The molecule has 4 heteroatoms. The van der Waals surface area contributed by atoms with E-state index in [4.69, 9.17) is 10.00 Å². The molecule has 0 spiro atoms.